The average Bonchev–Trinajstić information content (AvgIpc) is 3.06. The molecule has 44 heavy (non-hydrogen) atoms. The van der Waals surface area contributed by atoms with Crippen molar-refractivity contribution in [3.05, 3.63) is 108 Å². The van der Waals surface area contributed by atoms with Crippen LogP contribution in [0.1, 0.15) is 107 Å². The Morgan fingerprint density at radius 1 is 0.795 bits per heavy atom. The Morgan fingerprint density at radius 3 is 1.80 bits per heavy atom. The second-order valence-corrected chi connectivity index (χ2v) is 12.9. The molecule has 0 amide bonds. The van der Waals surface area contributed by atoms with Gasteiger partial charge in [0.25, 0.3) is 0 Å². The highest BCUT2D eigenvalue weighted by Crippen LogP contribution is 2.43. The minimum atomic E-state index is -0.738. The molecule has 0 bridgehead atoms. The molecular formula is C39H49NO3S. The summed E-state index contributed by atoms with van der Waals surface area (Å²) in [4.78, 5) is 27.8. The lowest BCUT2D eigenvalue weighted by atomic mass is 9.65. The monoisotopic (exact) mass is 611 g/mol. The van der Waals surface area contributed by atoms with Gasteiger partial charge in [0.15, 0.2) is 5.05 Å². The maximum Gasteiger partial charge on any atom is 0.328 e. The van der Waals surface area contributed by atoms with E-state index < -0.39 is 23.3 Å². The molecule has 1 unspecified atom stereocenters. The van der Waals surface area contributed by atoms with Gasteiger partial charge in [0.05, 0.1) is 11.3 Å². The Hall–Kier alpha value is -3.15. The SMILES string of the molecule is CCCCCCCC(C(=O)CC(c1ccccc1)(c1ccccc1)c1ccccc1)C(=S)OC(=O)[C@@H](N)CC1CCCCC1. The zero-order valence-electron chi connectivity index (χ0n) is 26.3. The number of benzene rings is 3. The van der Waals surface area contributed by atoms with Crippen LogP contribution in [0.2, 0.25) is 0 Å². The Labute approximate surface area is 269 Å². The predicted octanol–water partition coefficient (Wildman–Crippen LogP) is 9.13. The normalized spacial score (nSPS) is 15.3. The molecular weight excluding hydrogens is 563 g/mol. The quantitative estimate of drug-likeness (QED) is 0.0757. The average molecular weight is 612 g/mol. The molecule has 0 radical (unpaired) electrons. The molecule has 2 atom stereocenters. The van der Waals surface area contributed by atoms with Crippen LogP contribution in [-0.4, -0.2) is 22.8 Å². The zero-order chi connectivity index (χ0) is 31.2. The number of rotatable bonds is 16. The standard InChI is InChI=1S/C39H49NO3S/c1-2-3-4-5-18-27-34(38(44)43-37(42)35(40)28-30-19-10-6-11-20-30)36(41)29-39(31-21-12-7-13-22-31,32-23-14-8-15-24-32)33-25-16-9-17-26-33/h7-9,12-17,21-26,30,34-35H,2-6,10-11,18-20,27-29,40H2,1H3/t34?,35-/m0/s1. The summed E-state index contributed by atoms with van der Waals surface area (Å²) < 4.78 is 5.79. The van der Waals surface area contributed by atoms with Gasteiger partial charge in [-0.1, -0.05) is 162 Å². The van der Waals surface area contributed by atoms with Crippen molar-refractivity contribution in [2.75, 3.05) is 0 Å². The maximum atomic E-state index is 14.6. The molecule has 3 aromatic rings. The van der Waals surface area contributed by atoms with Crippen LogP contribution >= 0.6 is 12.2 Å². The Kier molecular flexibility index (Phi) is 13.3. The van der Waals surface area contributed by atoms with Crippen LogP contribution in [0.3, 0.4) is 0 Å². The highest BCUT2D eigenvalue weighted by atomic mass is 32.1. The largest absolute Gasteiger partial charge is 0.417 e. The second-order valence-electron chi connectivity index (χ2n) is 12.5. The van der Waals surface area contributed by atoms with Crippen molar-refractivity contribution in [2.24, 2.45) is 17.6 Å². The number of Topliss-reactive ketones (excluding diaryl/α,β-unsaturated/α-hetero) is 1. The molecule has 0 spiro atoms. The van der Waals surface area contributed by atoms with Crippen LogP contribution in [0.4, 0.5) is 0 Å². The maximum absolute atomic E-state index is 14.6. The van der Waals surface area contributed by atoms with E-state index in [0.717, 1.165) is 61.6 Å². The number of hydrogen-bond acceptors (Lipinski definition) is 5. The summed E-state index contributed by atoms with van der Waals surface area (Å²) in [6, 6.07) is 29.9. The molecule has 4 rings (SSSR count). The lowest BCUT2D eigenvalue weighted by molar-refractivity contribution is -0.137. The van der Waals surface area contributed by atoms with Crippen molar-refractivity contribution in [1.82, 2.24) is 0 Å². The Morgan fingerprint density at radius 2 is 1.30 bits per heavy atom. The first-order valence-corrected chi connectivity index (χ1v) is 17.1. The lowest BCUT2D eigenvalue weighted by Crippen LogP contribution is -2.40. The first-order valence-electron chi connectivity index (χ1n) is 16.7. The summed E-state index contributed by atoms with van der Waals surface area (Å²) in [6.45, 7) is 2.19. The first-order chi connectivity index (χ1) is 21.5. The topological polar surface area (TPSA) is 69.4 Å². The molecule has 1 saturated carbocycles. The van der Waals surface area contributed by atoms with Crippen molar-refractivity contribution in [3.63, 3.8) is 0 Å². The summed E-state index contributed by atoms with van der Waals surface area (Å²) in [5, 5.41) is 0.0673. The molecule has 0 saturated heterocycles. The number of thiocarbonyl (C=S) groups is 1. The molecule has 5 heteroatoms. The van der Waals surface area contributed by atoms with Crippen LogP contribution in [0.25, 0.3) is 0 Å². The Bertz CT molecular complexity index is 1210. The van der Waals surface area contributed by atoms with Crippen LogP contribution in [-0.2, 0) is 19.7 Å². The fourth-order valence-corrected chi connectivity index (χ4v) is 7.18. The third kappa shape index (κ3) is 8.95. The minimum Gasteiger partial charge on any atom is -0.417 e. The first kappa shape index (κ1) is 33.7. The van der Waals surface area contributed by atoms with Gasteiger partial charge in [-0.25, -0.2) is 4.79 Å². The zero-order valence-corrected chi connectivity index (χ0v) is 27.1. The molecule has 4 nitrogen and oxygen atoms in total. The third-order valence-corrected chi connectivity index (χ3v) is 9.69. The molecule has 0 heterocycles. The molecule has 1 aliphatic carbocycles. The van der Waals surface area contributed by atoms with Gasteiger partial charge in [-0.15, -0.1) is 0 Å². The number of ketones is 1. The van der Waals surface area contributed by atoms with E-state index in [1.54, 1.807) is 0 Å². The van der Waals surface area contributed by atoms with E-state index >= 15 is 0 Å². The Balaban J connectivity index is 1.63. The van der Waals surface area contributed by atoms with Crippen LogP contribution in [0, 0.1) is 11.8 Å². The highest BCUT2D eigenvalue weighted by Gasteiger charge is 2.41. The summed E-state index contributed by atoms with van der Waals surface area (Å²) in [6.07, 6.45) is 12.4. The van der Waals surface area contributed by atoms with Gasteiger partial charge in [0.2, 0.25) is 0 Å². The van der Waals surface area contributed by atoms with Gasteiger partial charge >= 0.3 is 5.97 Å². The fraction of sp³-hybridized carbons (Fsp3) is 0.462. The van der Waals surface area contributed by atoms with Gasteiger partial charge in [-0.05, 0) is 47.7 Å². The van der Waals surface area contributed by atoms with Crippen molar-refractivity contribution < 1.29 is 14.3 Å². The van der Waals surface area contributed by atoms with Gasteiger partial charge in [0.1, 0.15) is 11.8 Å². The van der Waals surface area contributed by atoms with Gasteiger partial charge in [-0.3, -0.25) is 4.79 Å². The van der Waals surface area contributed by atoms with E-state index in [-0.39, 0.29) is 17.3 Å². The van der Waals surface area contributed by atoms with Gasteiger partial charge in [-0.2, -0.15) is 0 Å². The van der Waals surface area contributed by atoms with E-state index in [2.05, 4.69) is 43.3 Å². The van der Waals surface area contributed by atoms with E-state index in [4.69, 9.17) is 22.7 Å². The molecule has 234 valence electrons. The van der Waals surface area contributed by atoms with Crippen molar-refractivity contribution in [1.29, 1.82) is 0 Å². The molecule has 3 aromatic carbocycles. The number of carbonyl (C=O) groups is 2. The van der Waals surface area contributed by atoms with Crippen LogP contribution in [0.15, 0.2) is 91.0 Å². The number of esters is 1. The van der Waals surface area contributed by atoms with Crippen LogP contribution in [0.5, 0.6) is 0 Å². The lowest BCUT2D eigenvalue weighted by Gasteiger charge is -2.36. The summed E-state index contributed by atoms with van der Waals surface area (Å²) in [5.74, 6) is -0.757. The second kappa shape index (κ2) is 17.4. The smallest absolute Gasteiger partial charge is 0.328 e. The molecule has 2 N–H and O–H groups in total. The highest BCUT2D eigenvalue weighted by molar-refractivity contribution is 7.80. The van der Waals surface area contributed by atoms with E-state index in [1.807, 2.05) is 54.6 Å². The number of ether oxygens (including phenoxy) is 1. The van der Waals surface area contributed by atoms with Crippen molar-refractivity contribution >= 4 is 29.0 Å². The van der Waals surface area contributed by atoms with Crippen LogP contribution < -0.4 is 5.73 Å². The van der Waals surface area contributed by atoms with Crippen molar-refractivity contribution in [3.8, 4) is 0 Å². The molecule has 0 aromatic heterocycles. The number of nitrogens with two attached hydrogens (primary N) is 1. The van der Waals surface area contributed by atoms with Gasteiger partial charge in [0, 0.05) is 6.42 Å². The summed E-state index contributed by atoms with van der Waals surface area (Å²) in [7, 11) is 0. The van der Waals surface area contributed by atoms with E-state index in [9.17, 15) is 9.59 Å². The molecule has 0 aliphatic heterocycles. The van der Waals surface area contributed by atoms with Gasteiger partial charge < -0.3 is 10.5 Å². The molecule has 1 fully saturated rings. The van der Waals surface area contributed by atoms with Crippen molar-refractivity contribution in [2.45, 2.75) is 102 Å². The minimum absolute atomic E-state index is 0.0179. The van der Waals surface area contributed by atoms with E-state index in [1.165, 1.54) is 19.3 Å². The molecule has 1 aliphatic rings. The third-order valence-electron chi connectivity index (χ3n) is 9.32. The van der Waals surface area contributed by atoms with E-state index in [0.29, 0.717) is 18.8 Å². The summed E-state index contributed by atoms with van der Waals surface area (Å²) >= 11 is 5.77. The summed E-state index contributed by atoms with van der Waals surface area (Å²) in [5.41, 5.74) is 8.70. The number of carbonyl (C=O) groups excluding carboxylic acids is 2. The fourth-order valence-electron chi connectivity index (χ4n) is 6.85. The number of unbranched alkanes of at least 4 members (excludes halogenated alkanes) is 4. The number of hydrogen-bond donors (Lipinski definition) is 1. The predicted molar refractivity (Wildman–Crippen MR) is 184 cm³/mol.